The first-order chi connectivity index (χ1) is 15.1. The number of nitrogens with zero attached hydrogens (tertiary/aromatic N) is 3. The molecule has 154 valence electrons. The van der Waals surface area contributed by atoms with Gasteiger partial charge in [0.2, 0.25) is 0 Å². The van der Waals surface area contributed by atoms with E-state index in [0.717, 1.165) is 16.8 Å². The molecule has 8 heteroatoms. The van der Waals surface area contributed by atoms with Gasteiger partial charge in [-0.2, -0.15) is 0 Å². The van der Waals surface area contributed by atoms with Crippen molar-refractivity contribution in [3.8, 4) is 11.4 Å². The molecule has 0 saturated carbocycles. The zero-order valence-electron chi connectivity index (χ0n) is 16.5. The van der Waals surface area contributed by atoms with E-state index in [4.69, 9.17) is 9.72 Å². The van der Waals surface area contributed by atoms with Crippen LogP contribution in [-0.4, -0.2) is 26.6 Å². The second-order valence-electron chi connectivity index (χ2n) is 6.88. The maximum absolute atomic E-state index is 13.5. The number of hydrogen-bond donors (Lipinski definition) is 1. The van der Waals surface area contributed by atoms with Crippen LogP contribution in [0.4, 0.5) is 4.39 Å². The van der Waals surface area contributed by atoms with Gasteiger partial charge in [-0.1, -0.05) is 23.9 Å². The number of aromatic nitrogens is 4. The zero-order valence-corrected chi connectivity index (χ0v) is 17.3. The predicted octanol–water partition coefficient (Wildman–Crippen LogP) is 4.70. The highest BCUT2D eigenvalue weighted by Crippen LogP contribution is 2.26. The monoisotopic (exact) mass is 432 g/mol. The third-order valence-corrected chi connectivity index (χ3v) is 5.80. The van der Waals surface area contributed by atoms with E-state index in [-0.39, 0.29) is 11.4 Å². The Balaban J connectivity index is 1.56. The number of rotatable bonds is 5. The smallest absolute Gasteiger partial charge is 0.265 e. The molecule has 5 rings (SSSR count). The summed E-state index contributed by atoms with van der Waals surface area (Å²) < 4.78 is 20.2. The summed E-state index contributed by atoms with van der Waals surface area (Å²) in [6.45, 7) is 0. The lowest BCUT2D eigenvalue weighted by Crippen LogP contribution is -2.23. The Morgan fingerprint density at radius 2 is 1.84 bits per heavy atom. The summed E-state index contributed by atoms with van der Waals surface area (Å²) in [7, 11) is 1.62. The van der Waals surface area contributed by atoms with Crippen LogP contribution >= 0.6 is 11.8 Å². The van der Waals surface area contributed by atoms with E-state index in [1.54, 1.807) is 31.4 Å². The third kappa shape index (κ3) is 3.66. The van der Waals surface area contributed by atoms with Crippen molar-refractivity contribution >= 4 is 33.7 Å². The van der Waals surface area contributed by atoms with Crippen molar-refractivity contribution in [2.45, 2.75) is 10.9 Å². The van der Waals surface area contributed by atoms with E-state index in [0.29, 0.717) is 33.3 Å². The van der Waals surface area contributed by atoms with Gasteiger partial charge in [0, 0.05) is 6.07 Å². The molecule has 31 heavy (non-hydrogen) atoms. The molecule has 6 nitrogen and oxygen atoms in total. The number of H-pyrrole nitrogens is 1. The topological polar surface area (TPSA) is 72.8 Å². The Kier molecular flexibility index (Phi) is 4.91. The number of imidazole rings is 1. The average molecular weight is 432 g/mol. The lowest BCUT2D eigenvalue weighted by molar-refractivity contribution is 0.415. The van der Waals surface area contributed by atoms with Gasteiger partial charge in [0.1, 0.15) is 17.4 Å². The number of ether oxygens (including phenoxy) is 1. The Bertz CT molecular complexity index is 1460. The molecule has 1 N–H and O–H groups in total. The van der Waals surface area contributed by atoms with Gasteiger partial charge in [-0.3, -0.25) is 9.36 Å². The molecular formula is C23H17FN4O2S. The number of benzene rings is 3. The fraction of sp³-hybridized carbons (Fsp3) is 0.0870. The van der Waals surface area contributed by atoms with Gasteiger partial charge >= 0.3 is 0 Å². The molecule has 0 aliphatic rings. The van der Waals surface area contributed by atoms with Crippen molar-refractivity contribution in [3.05, 3.63) is 88.7 Å². The first-order valence-corrected chi connectivity index (χ1v) is 10.5. The summed E-state index contributed by atoms with van der Waals surface area (Å²) in [5, 5.41) is 1.22. The van der Waals surface area contributed by atoms with Crippen molar-refractivity contribution in [3.63, 3.8) is 0 Å². The van der Waals surface area contributed by atoms with E-state index in [2.05, 4.69) is 9.97 Å². The molecule has 0 saturated heterocycles. The summed E-state index contributed by atoms with van der Waals surface area (Å²) in [5.74, 6) is 1.33. The summed E-state index contributed by atoms with van der Waals surface area (Å²) in [6.07, 6.45) is 0. The number of methoxy groups -OCH3 is 1. The third-order valence-electron chi connectivity index (χ3n) is 4.94. The predicted molar refractivity (Wildman–Crippen MR) is 120 cm³/mol. The zero-order chi connectivity index (χ0) is 21.4. The minimum absolute atomic E-state index is 0.192. The number of aromatic amines is 1. The molecule has 0 aliphatic carbocycles. The Hall–Kier alpha value is -3.65. The van der Waals surface area contributed by atoms with E-state index in [1.807, 2.05) is 30.3 Å². The SMILES string of the molecule is COc1ccc2nc(SCc3nc4ccccc4c(=O)n3-c3ccc(F)cc3)[nH]c2c1. The first-order valence-electron chi connectivity index (χ1n) is 9.55. The van der Waals surface area contributed by atoms with Crippen LogP contribution in [0.5, 0.6) is 5.75 Å². The molecule has 0 atom stereocenters. The number of halogens is 1. The molecule has 0 bridgehead atoms. The van der Waals surface area contributed by atoms with Gasteiger partial charge in [0.05, 0.1) is 40.5 Å². The molecule has 0 spiro atoms. The standard InChI is InChI=1S/C23H17FN4O2S/c1-30-16-10-11-19-20(12-16)27-23(26-19)31-13-21-25-18-5-3-2-4-17(18)22(29)28(21)15-8-6-14(24)7-9-15/h2-12H,13H2,1H3,(H,26,27). The normalized spacial score (nSPS) is 11.3. The van der Waals surface area contributed by atoms with Crippen LogP contribution < -0.4 is 10.3 Å². The number of para-hydroxylation sites is 1. The summed E-state index contributed by atoms with van der Waals surface area (Å²) in [5.41, 5.74) is 2.68. The molecule has 2 aromatic heterocycles. The molecule has 0 fully saturated rings. The Morgan fingerprint density at radius 1 is 1.03 bits per heavy atom. The van der Waals surface area contributed by atoms with Crippen molar-refractivity contribution in [2.24, 2.45) is 0 Å². The minimum atomic E-state index is -0.362. The van der Waals surface area contributed by atoms with Crippen LogP contribution in [-0.2, 0) is 5.75 Å². The van der Waals surface area contributed by atoms with Crippen LogP contribution in [0.25, 0.3) is 27.6 Å². The molecule has 0 aliphatic heterocycles. The van der Waals surface area contributed by atoms with Crippen molar-refractivity contribution in [2.75, 3.05) is 7.11 Å². The minimum Gasteiger partial charge on any atom is -0.497 e. The van der Waals surface area contributed by atoms with Gasteiger partial charge in [-0.05, 0) is 48.5 Å². The van der Waals surface area contributed by atoms with Gasteiger partial charge in [-0.25, -0.2) is 14.4 Å². The van der Waals surface area contributed by atoms with Gasteiger partial charge in [0.25, 0.3) is 5.56 Å². The van der Waals surface area contributed by atoms with Crippen molar-refractivity contribution in [1.82, 2.24) is 19.5 Å². The van der Waals surface area contributed by atoms with E-state index < -0.39 is 0 Å². The van der Waals surface area contributed by atoms with Crippen LogP contribution in [0.15, 0.2) is 76.7 Å². The van der Waals surface area contributed by atoms with Crippen LogP contribution in [0.3, 0.4) is 0 Å². The van der Waals surface area contributed by atoms with E-state index in [9.17, 15) is 9.18 Å². The molecule has 0 amide bonds. The van der Waals surface area contributed by atoms with Crippen molar-refractivity contribution in [1.29, 1.82) is 0 Å². The first kappa shape index (κ1) is 19.3. The molecule has 0 unspecified atom stereocenters. The van der Waals surface area contributed by atoms with Crippen LogP contribution in [0.1, 0.15) is 5.82 Å². The highest BCUT2D eigenvalue weighted by Gasteiger charge is 2.14. The number of hydrogen-bond acceptors (Lipinski definition) is 5. The van der Waals surface area contributed by atoms with E-state index >= 15 is 0 Å². The molecule has 0 radical (unpaired) electrons. The van der Waals surface area contributed by atoms with Gasteiger partial charge < -0.3 is 9.72 Å². The maximum atomic E-state index is 13.5. The van der Waals surface area contributed by atoms with Crippen LogP contribution in [0.2, 0.25) is 0 Å². The van der Waals surface area contributed by atoms with Gasteiger partial charge in [0.15, 0.2) is 5.16 Å². The Labute approximate surface area is 180 Å². The van der Waals surface area contributed by atoms with Crippen LogP contribution in [0, 0.1) is 5.82 Å². The fourth-order valence-corrected chi connectivity index (χ4v) is 4.23. The maximum Gasteiger partial charge on any atom is 0.265 e. The Morgan fingerprint density at radius 3 is 2.65 bits per heavy atom. The quantitative estimate of drug-likeness (QED) is 0.408. The number of nitrogens with one attached hydrogen (secondary N) is 1. The largest absolute Gasteiger partial charge is 0.497 e. The van der Waals surface area contributed by atoms with Gasteiger partial charge in [-0.15, -0.1) is 0 Å². The summed E-state index contributed by atoms with van der Waals surface area (Å²) >= 11 is 1.44. The fourth-order valence-electron chi connectivity index (χ4n) is 3.43. The second-order valence-corrected chi connectivity index (χ2v) is 7.84. The highest BCUT2D eigenvalue weighted by molar-refractivity contribution is 7.98. The number of fused-ring (bicyclic) bond motifs is 2. The number of thioether (sulfide) groups is 1. The highest BCUT2D eigenvalue weighted by atomic mass is 32.2. The summed E-state index contributed by atoms with van der Waals surface area (Å²) in [6, 6.07) is 18.7. The molecule has 5 aromatic rings. The lowest BCUT2D eigenvalue weighted by Gasteiger charge is -2.13. The molecule has 3 aromatic carbocycles. The second kappa shape index (κ2) is 7.88. The van der Waals surface area contributed by atoms with E-state index in [1.165, 1.54) is 28.5 Å². The van der Waals surface area contributed by atoms with Crippen molar-refractivity contribution < 1.29 is 9.13 Å². The average Bonchev–Trinajstić information content (AvgIpc) is 3.21. The molecule has 2 heterocycles. The molecular weight excluding hydrogens is 415 g/mol. The summed E-state index contributed by atoms with van der Waals surface area (Å²) in [4.78, 5) is 25.8. The lowest BCUT2D eigenvalue weighted by atomic mass is 10.2.